The number of rotatable bonds is 6. The second kappa shape index (κ2) is 9.39. The maximum absolute atomic E-state index is 13.1. The molecule has 2 aromatic carbocycles. The molecular formula is C24H27FN4O2. The zero-order valence-corrected chi connectivity index (χ0v) is 17.9. The molecule has 1 aliphatic heterocycles. The quantitative estimate of drug-likeness (QED) is 0.600. The van der Waals surface area contributed by atoms with E-state index in [-0.39, 0.29) is 17.6 Å². The van der Waals surface area contributed by atoms with Crippen molar-refractivity contribution in [2.45, 2.75) is 32.9 Å². The number of hydrogen-bond acceptors (Lipinski definition) is 5. The Labute approximate surface area is 181 Å². The molecule has 3 aromatic rings. The maximum atomic E-state index is 13.1. The van der Waals surface area contributed by atoms with Gasteiger partial charge in [-0.15, -0.1) is 0 Å². The van der Waals surface area contributed by atoms with Gasteiger partial charge in [-0.2, -0.15) is 4.98 Å². The summed E-state index contributed by atoms with van der Waals surface area (Å²) in [6, 6.07) is 14.3. The highest BCUT2D eigenvalue weighted by Crippen LogP contribution is 2.22. The van der Waals surface area contributed by atoms with E-state index >= 15 is 0 Å². The largest absolute Gasteiger partial charge is 0.341 e. The van der Waals surface area contributed by atoms with Crippen LogP contribution in [0, 0.1) is 18.7 Å². The predicted octanol–water partition coefficient (Wildman–Crippen LogP) is 4.05. The summed E-state index contributed by atoms with van der Waals surface area (Å²) in [4.78, 5) is 21.4. The Morgan fingerprint density at radius 1 is 1.19 bits per heavy atom. The van der Waals surface area contributed by atoms with Crippen molar-refractivity contribution in [2.24, 2.45) is 5.92 Å². The number of hydrogen-bond donors (Lipinski definition) is 0. The molecular weight excluding hydrogens is 395 g/mol. The molecule has 0 aliphatic carbocycles. The average molecular weight is 423 g/mol. The zero-order chi connectivity index (χ0) is 21.8. The number of nitrogens with zero attached hydrogens (tertiary/aromatic N) is 4. The van der Waals surface area contributed by atoms with Crippen molar-refractivity contribution in [3.8, 4) is 11.4 Å². The third-order valence-electron chi connectivity index (χ3n) is 5.70. The van der Waals surface area contributed by atoms with Crippen LogP contribution in [0.25, 0.3) is 11.4 Å². The lowest BCUT2D eigenvalue weighted by molar-refractivity contribution is -0.136. The van der Waals surface area contributed by atoms with Crippen LogP contribution in [0.3, 0.4) is 0 Å². The van der Waals surface area contributed by atoms with E-state index in [1.165, 1.54) is 17.7 Å². The van der Waals surface area contributed by atoms with Crippen molar-refractivity contribution < 1.29 is 13.7 Å². The summed E-state index contributed by atoms with van der Waals surface area (Å²) in [5, 5.41) is 4.01. The third-order valence-corrected chi connectivity index (χ3v) is 5.70. The highest BCUT2D eigenvalue weighted by Gasteiger charge is 2.29. The Bertz CT molecular complexity index is 1020. The molecule has 1 fully saturated rings. The zero-order valence-electron chi connectivity index (χ0n) is 17.9. The van der Waals surface area contributed by atoms with Crippen LogP contribution in [0.4, 0.5) is 4.39 Å². The van der Waals surface area contributed by atoms with Gasteiger partial charge >= 0.3 is 0 Å². The van der Waals surface area contributed by atoms with Crippen LogP contribution < -0.4 is 0 Å². The minimum atomic E-state index is -0.302. The van der Waals surface area contributed by atoms with Crippen LogP contribution in [0.5, 0.6) is 0 Å². The Morgan fingerprint density at radius 2 is 1.94 bits per heavy atom. The van der Waals surface area contributed by atoms with Crippen molar-refractivity contribution >= 4 is 5.91 Å². The molecule has 2 heterocycles. The second-order valence-electron chi connectivity index (χ2n) is 8.27. The van der Waals surface area contributed by atoms with Crippen LogP contribution in [0.1, 0.15) is 29.9 Å². The standard InChI is InChI=1S/C24H27FN4O2/c1-17-5-7-18(8-6-17)14-28(2)24(30)20-4-3-13-29(15-20)16-22-26-23(27-31-22)19-9-11-21(25)12-10-19/h5-12,20H,3-4,13-16H2,1-2H3. The first-order valence-electron chi connectivity index (χ1n) is 10.6. The van der Waals surface area contributed by atoms with E-state index in [1.54, 1.807) is 12.1 Å². The first kappa shape index (κ1) is 21.2. The number of carbonyl (C=O) groups is 1. The highest BCUT2D eigenvalue weighted by atomic mass is 19.1. The van der Waals surface area contributed by atoms with E-state index in [1.807, 2.05) is 11.9 Å². The molecule has 4 rings (SSSR count). The molecule has 0 saturated carbocycles. The lowest BCUT2D eigenvalue weighted by Gasteiger charge is -2.33. The Morgan fingerprint density at radius 3 is 2.68 bits per heavy atom. The number of aromatic nitrogens is 2. The number of amides is 1. The van der Waals surface area contributed by atoms with E-state index in [0.29, 0.717) is 36.9 Å². The minimum Gasteiger partial charge on any atom is -0.341 e. The first-order valence-corrected chi connectivity index (χ1v) is 10.6. The summed E-state index contributed by atoms with van der Waals surface area (Å²) < 4.78 is 18.5. The number of halogens is 1. The average Bonchev–Trinajstić information content (AvgIpc) is 3.24. The van der Waals surface area contributed by atoms with E-state index in [0.717, 1.165) is 24.9 Å². The van der Waals surface area contributed by atoms with E-state index in [2.05, 4.69) is 46.2 Å². The van der Waals surface area contributed by atoms with Gasteiger partial charge in [0.15, 0.2) is 0 Å². The molecule has 0 spiro atoms. The fourth-order valence-electron chi connectivity index (χ4n) is 3.98. The van der Waals surface area contributed by atoms with E-state index < -0.39 is 0 Å². The smallest absolute Gasteiger partial charge is 0.241 e. The van der Waals surface area contributed by atoms with Gasteiger partial charge in [0.25, 0.3) is 0 Å². The van der Waals surface area contributed by atoms with Gasteiger partial charge < -0.3 is 9.42 Å². The van der Waals surface area contributed by atoms with Gasteiger partial charge in [-0.05, 0) is 56.1 Å². The molecule has 0 radical (unpaired) electrons. The lowest BCUT2D eigenvalue weighted by atomic mass is 9.96. The normalized spacial score (nSPS) is 16.9. The second-order valence-corrected chi connectivity index (χ2v) is 8.27. The molecule has 1 aliphatic rings. The van der Waals surface area contributed by atoms with Crippen molar-refractivity contribution in [2.75, 3.05) is 20.1 Å². The topological polar surface area (TPSA) is 62.5 Å². The van der Waals surface area contributed by atoms with Crippen LogP contribution >= 0.6 is 0 Å². The van der Waals surface area contributed by atoms with Crippen LogP contribution in [0.2, 0.25) is 0 Å². The summed E-state index contributed by atoms with van der Waals surface area (Å²) in [5.74, 6) is 0.772. The number of piperidine rings is 1. The van der Waals surface area contributed by atoms with Crippen LogP contribution in [0.15, 0.2) is 53.1 Å². The monoisotopic (exact) mass is 422 g/mol. The molecule has 7 heteroatoms. The molecule has 31 heavy (non-hydrogen) atoms. The highest BCUT2D eigenvalue weighted by molar-refractivity contribution is 5.79. The molecule has 1 aromatic heterocycles. The Hall–Kier alpha value is -3.06. The Balaban J connectivity index is 1.34. The lowest BCUT2D eigenvalue weighted by Crippen LogP contribution is -2.43. The van der Waals surface area contributed by atoms with Crippen molar-refractivity contribution in [3.05, 3.63) is 71.4 Å². The van der Waals surface area contributed by atoms with Gasteiger partial charge in [0.05, 0.1) is 12.5 Å². The molecule has 162 valence electrons. The van der Waals surface area contributed by atoms with E-state index in [4.69, 9.17) is 4.52 Å². The molecule has 0 bridgehead atoms. The third kappa shape index (κ3) is 5.35. The van der Waals surface area contributed by atoms with Crippen molar-refractivity contribution in [1.82, 2.24) is 19.9 Å². The SMILES string of the molecule is Cc1ccc(CN(C)C(=O)C2CCCN(Cc3nc(-c4ccc(F)cc4)no3)C2)cc1. The fraction of sp³-hybridized carbons (Fsp3) is 0.375. The van der Waals surface area contributed by atoms with Gasteiger partial charge in [0.1, 0.15) is 5.82 Å². The van der Waals surface area contributed by atoms with Gasteiger partial charge in [-0.3, -0.25) is 9.69 Å². The summed E-state index contributed by atoms with van der Waals surface area (Å²) in [6.45, 7) is 4.73. The van der Waals surface area contributed by atoms with Gasteiger partial charge in [0.2, 0.25) is 17.6 Å². The first-order chi connectivity index (χ1) is 15.0. The number of carbonyl (C=O) groups excluding carboxylic acids is 1. The number of benzene rings is 2. The van der Waals surface area contributed by atoms with E-state index in [9.17, 15) is 9.18 Å². The van der Waals surface area contributed by atoms with Crippen molar-refractivity contribution in [1.29, 1.82) is 0 Å². The molecule has 1 amide bonds. The fourth-order valence-corrected chi connectivity index (χ4v) is 3.98. The summed E-state index contributed by atoms with van der Waals surface area (Å²) in [5.41, 5.74) is 3.05. The summed E-state index contributed by atoms with van der Waals surface area (Å²) >= 11 is 0. The summed E-state index contributed by atoms with van der Waals surface area (Å²) in [6.07, 6.45) is 1.84. The predicted molar refractivity (Wildman–Crippen MR) is 115 cm³/mol. The molecule has 1 atom stereocenters. The molecule has 1 saturated heterocycles. The van der Waals surface area contributed by atoms with Gasteiger partial charge in [0, 0.05) is 25.7 Å². The number of likely N-dealkylation sites (tertiary alicyclic amines) is 1. The Kier molecular flexibility index (Phi) is 6.42. The van der Waals surface area contributed by atoms with Gasteiger partial charge in [-0.1, -0.05) is 35.0 Å². The molecule has 6 nitrogen and oxygen atoms in total. The van der Waals surface area contributed by atoms with Crippen LogP contribution in [-0.2, 0) is 17.9 Å². The molecule has 0 N–H and O–H groups in total. The van der Waals surface area contributed by atoms with Crippen molar-refractivity contribution in [3.63, 3.8) is 0 Å². The number of aryl methyl sites for hydroxylation is 1. The molecule has 1 unspecified atom stereocenters. The van der Waals surface area contributed by atoms with Gasteiger partial charge in [-0.25, -0.2) is 4.39 Å². The summed E-state index contributed by atoms with van der Waals surface area (Å²) in [7, 11) is 1.87. The maximum Gasteiger partial charge on any atom is 0.241 e. The minimum absolute atomic E-state index is 0.0383. The van der Waals surface area contributed by atoms with Crippen LogP contribution in [-0.4, -0.2) is 46.0 Å².